The quantitative estimate of drug-likeness (QED) is 0.380. The molecule has 3 aromatic carbocycles. The molecule has 2 N–H and O–H groups in total. The summed E-state index contributed by atoms with van der Waals surface area (Å²) in [5, 5.41) is 8.54. The van der Waals surface area contributed by atoms with Crippen molar-refractivity contribution in [3.8, 4) is 5.75 Å². The molecule has 148 valence electrons. The first kappa shape index (κ1) is 18.2. The van der Waals surface area contributed by atoms with E-state index in [1.54, 1.807) is 25.3 Å². The van der Waals surface area contributed by atoms with E-state index in [1.165, 1.54) is 0 Å². The third-order valence-corrected chi connectivity index (χ3v) is 5.03. The van der Waals surface area contributed by atoms with Crippen LogP contribution in [0.4, 0.5) is 5.69 Å². The zero-order valence-corrected chi connectivity index (χ0v) is 16.7. The van der Waals surface area contributed by atoms with Crippen LogP contribution in [-0.2, 0) is 0 Å². The SMILES string of the molecule is COc1cc2c(cc1NC(=S)NC(=O)c1cc3ccccc3o1)oc1ccccc12. The number of rotatable bonds is 3. The van der Waals surface area contributed by atoms with Gasteiger partial charge >= 0.3 is 0 Å². The molecule has 0 saturated carbocycles. The number of carbonyl (C=O) groups excluding carboxylic acids is 1. The van der Waals surface area contributed by atoms with E-state index in [0.29, 0.717) is 22.6 Å². The van der Waals surface area contributed by atoms with Crippen LogP contribution >= 0.6 is 12.2 Å². The first-order valence-corrected chi connectivity index (χ1v) is 9.63. The molecule has 1 amide bonds. The monoisotopic (exact) mass is 416 g/mol. The zero-order valence-electron chi connectivity index (χ0n) is 15.9. The summed E-state index contributed by atoms with van der Waals surface area (Å²) in [6.45, 7) is 0. The van der Waals surface area contributed by atoms with Crippen LogP contribution in [0.3, 0.4) is 0 Å². The number of anilines is 1. The van der Waals surface area contributed by atoms with Gasteiger partial charge in [-0.05, 0) is 36.5 Å². The fourth-order valence-electron chi connectivity index (χ4n) is 3.43. The summed E-state index contributed by atoms with van der Waals surface area (Å²) in [5.74, 6) is 0.321. The maximum atomic E-state index is 12.5. The van der Waals surface area contributed by atoms with Gasteiger partial charge in [0.2, 0.25) is 0 Å². The topological polar surface area (TPSA) is 76.6 Å². The minimum absolute atomic E-state index is 0.120. The van der Waals surface area contributed by atoms with Crippen molar-refractivity contribution >= 4 is 61.8 Å². The minimum atomic E-state index is -0.438. The Labute approximate surface area is 176 Å². The van der Waals surface area contributed by atoms with Crippen LogP contribution in [-0.4, -0.2) is 18.1 Å². The molecule has 0 aliphatic carbocycles. The van der Waals surface area contributed by atoms with Gasteiger partial charge in [-0.1, -0.05) is 36.4 Å². The van der Waals surface area contributed by atoms with E-state index in [0.717, 1.165) is 21.7 Å². The van der Waals surface area contributed by atoms with Crippen LogP contribution in [0.25, 0.3) is 32.9 Å². The summed E-state index contributed by atoms with van der Waals surface area (Å²) < 4.78 is 17.0. The summed E-state index contributed by atoms with van der Waals surface area (Å²) in [6, 6.07) is 20.5. The van der Waals surface area contributed by atoms with Gasteiger partial charge in [0.15, 0.2) is 10.9 Å². The molecule has 0 saturated heterocycles. The molecule has 30 heavy (non-hydrogen) atoms. The molecule has 2 aromatic heterocycles. The maximum absolute atomic E-state index is 12.5. The van der Waals surface area contributed by atoms with Crippen molar-refractivity contribution in [2.45, 2.75) is 0 Å². The standard InChI is InChI=1S/C23H16N2O4S/c1-27-20-11-15-14-7-3-5-9-18(14)29-19(15)12-16(20)24-23(30)25-22(26)21-10-13-6-2-4-8-17(13)28-21/h2-12H,1H3,(H2,24,25,26,30). The molecular weight excluding hydrogens is 400 g/mol. The summed E-state index contributed by atoms with van der Waals surface area (Å²) in [6.07, 6.45) is 0. The van der Waals surface area contributed by atoms with Crippen molar-refractivity contribution in [2.24, 2.45) is 0 Å². The second kappa shape index (κ2) is 7.20. The third kappa shape index (κ3) is 3.15. The van der Waals surface area contributed by atoms with Crippen molar-refractivity contribution in [1.29, 1.82) is 0 Å². The van der Waals surface area contributed by atoms with Crippen LogP contribution in [0, 0.1) is 0 Å². The molecule has 0 unspecified atom stereocenters. The number of para-hydroxylation sites is 2. The lowest BCUT2D eigenvalue weighted by molar-refractivity contribution is 0.0953. The van der Waals surface area contributed by atoms with E-state index in [9.17, 15) is 4.79 Å². The number of hydrogen-bond acceptors (Lipinski definition) is 5. The Morgan fingerprint density at radius 1 is 0.900 bits per heavy atom. The number of thiocarbonyl (C=S) groups is 1. The van der Waals surface area contributed by atoms with E-state index < -0.39 is 5.91 Å². The van der Waals surface area contributed by atoms with Gasteiger partial charge in [0, 0.05) is 22.2 Å². The first-order chi connectivity index (χ1) is 14.6. The summed E-state index contributed by atoms with van der Waals surface area (Å²) in [5.41, 5.74) is 2.69. The van der Waals surface area contributed by atoms with Gasteiger partial charge in [0.25, 0.3) is 5.91 Å². The fraction of sp³-hybridized carbons (Fsp3) is 0.0435. The molecule has 0 radical (unpaired) electrons. The molecule has 7 heteroatoms. The molecule has 0 atom stereocenters. The van der Waals surface area contributed by atoms with E-state index >= 15 is 0 Å². The van der Waals surface area contributed by atoms with E-state index in [1.807, 2.05) is 48.5 Å². The lowest BCUT2D eigenvalue weighted by Gasteiger charge is -2.12. The number of ether oxygens (including phenoxy) is 1. The molecule has 0 bridgehead atoms. The Kier molecular flexibility index (Phi) is 4.37. The highest BCUT2D eigenvalue weighted by atomic mass is 32.1. The zero-order chi connectivity index (χ0) is 20.7. The van der Waals surface area contributed by atoms with E-state index in [2.05, 4.69) is 10.6 Å². The van der Waals surface area contributed by atoms with Crippen LogP contribution < -0.4 is 15.4 Å². The molecule has 6 nitrogen and oxygen atoms in total. The third-order valence-electron chi connectivity index (χ3n) is 4.82. The highest BCUT2D eigenvalue weighted by Crippen LogP contribution is 2.36. The number of fused-ring (bicyclic) bond motifs is 4. The minimum Gasteiger partial charge on any atom is -0.495 e. The van der Waals surface area contributed by atoms with Gasteiger partial charge in [0.05, 0.1) is 12.8 Å². The Bertz CT molecular complexity index is 1400. The van der Waals surface area contributed by atoms with Crippen molar-refractivity contribution in [2.75, 3.05) is 12.4 Å². The average Bonchev–Trinajstić information content (AvgIpc) is 3.34. The number of furan rings is 2. The second-order valence-electron chi connectivity index (χ2n) is 6.70. The van der Waals surface area contributed by atoms with Gasteiger partial charge in [-0.25, -0.2) is 0 Å². The normalized spacial score (nSPS) is 11.1. The lowest BCUT2D eigenvalue weighted by atomic mass is 10.1. The van der Waals surface area contributed by atoms with Crippen LogP contribution in [0.5, 0.6) is 5.75 Å². The van der Waals surface area contributed by atoms with Crippen molar-refractivity contribution < 1.29 is 18.4 Å². The Balaban J connectivity index is 1.40. The smallest absolute Gasteiger partial charge is 0.293 e. The van der Waals surface area contributed by atoms with Crippen LogP contribution in [0.1, 0.15) is 10.6 Å². The predicted octanol–water partition coefficient (Wildman–Crippen LogP) is 5.47. The predicted molar refractivity (Wildman–Crippen MR) is 120 cm³/mol. The van der Waals surface area contributed by atoms with E-state index in [4.69, 9.17) is 25.8 Å². The fourth-order valence-corrected chi connectivity index (χ4v) is 3.63. The second-order valence-corrected chi connectivity index (χ2v) is 7.11. The maximum Gasteiger partial charge on any atom is 0.293 e. The van der Waals surface area contributed by atoms with Gasteiger partial charge < -0.3 is 18.9 Å². The molecular formula is C23H16N2O4S. The van der Waals surface area contributed by atoms with Gasteiger partial charge in [-0.3, -0.25) is 10.1 Å². The summed E-state index contributed by atoms with van der Waals surface area (Å²) >= 11 is 5.32. The Hall–Kier alpha value is -3.84. The number of amides is 1. The van der Waals surface area contributed by atoms with Crippen LogP contribution in [0.15, 0.2) is 75.6 Å². The largest absolute Gasteiger partial charge is 0.495 e. The summed E-state index contributed by atoms with van der Waals surface area (Å²) in [7, 11) is 1.57. The van der Waals surface area contributed by atoms with Crippen molar-refractivity contribution in [1.82, 2.24) is 5.32 Å². The number of benzene rings is 3. The molecule has 5 aromatic rings. The van der Waals surface area contributed by atoms with Gasteiger partial charge in [-0.15, -0.1) is 0 Å². The highest BCUT2D eigenvalue weighted by Gasteiger charge is 2.16. The van der Waals surface area contributed by atoms with Crippen molar-refractivity contribution in [3.05, 3.63) is 72.5 Å². The highest BCUT2D eigenvalue weighted by molar-refractivity contribution is 7.80. The molecule has 0 aliphatic heterocycles. The number of methoxy groups -OCH3 is 1. The molecule has 5 rings (SSSR count). The first-order valence-electron chi connectivity index (χ1n) is 9.22. The number of carbonyl (C=O) groups is 1. The molecule has 0 fully saturated rings. The average molecular weight is 416 g/mol. The lowest BCUT2D eigenvalue weighted by Crippen LogP contribution is -2.34. The molecule has 2 heterocycles. The van der Waals surface area contributed by atoms with Gasteiger partial charge in [-0.2, -0.15) is 0 Å². The number of hydrogen-bond donors (Lipinski definition) is 2. The Morgan fingerprint density at radius 3 is 2.47 bits per heavy atom. The van der Waals surface area contributed by atoms with Gasteiger partial charge in [0.1, 0.15) is 22.5 Å². The van der Waals surface area contributed by atoms with Crippen LogP contribution in [0.2, 0.25) is 0 Å². The Morgan fingerprint density at radius 2 is 1.67 bits per heavy atom. The van der Waals surface area contributed by atoms with E-state index in [-0.39, 0.29) is 10.9 Å². The molecule has 0 aliphatic rings. The van der Waals surface area contributed by atoms with Crippen molar-refractivity contribution in [3.63, 3.8) is 0 Å². The number of nitrogens with one attached hydrogen (secondary N) is 2. The summed E-state index contributed by atoms with van der Waals surface area (Å²) in [4.78, 5) is 12.5. The molecule has 0 spiro atoms.